The topological polar surface area (TPSA) is 22.8 Å². The van der Waals surface area contributed by atoms with E-state index in [1.165, 1.54) is 49.6 Å². The molecule has 3 aromatic carbocycles. The van der Waals surface area contributed by atoms with E-state index in [2.05, 4.69) is 106 Å². The van der Waals surface area contributed by atoms with Crippen LogP contribution in [0.3, 0.4) is 0 Å². The fourth-order valence-corrected chi connectivity index (χ4v) is 5.37. The molecule has 2 aromatic heterocycles. The summed E-state index contributed by atoms with van der Waals surface area (Å²) in [7, 11) is 4.35. The summed E-state index contributed by atoms with van der Waals surface area (Å²) in [5.74, 6) is 1.96. The third-order valence-electron chi connectivity index (χ3n) is 6.86. The molecule has 0 N–H and O–H groups in total. The number of hydrogen-bond donors (Lipinski definition) is 0. The van der Waals surface area contributed by atoms with Gasteiger partial charge in [-0.1, -0.05) is 64.1 Å². The van der Waals surface area contributed by atoms with Gasteiger partial charge in [-0.3, -0.25) is 0 Å². The van der Waals surface area contributed by atoms with E-state index in [1.54, 1.807) is 0 Å². The first-order valence-electron chi connectivity index (χ1n) is 11.3. The Hall–Kier alpha value is -3.07. The summed E-state index contributed by atoms with van der Waals surface area (Å²) in [4.78, 5) is 5.25. The summed E-state index contributed by atoms with van der Waals surface area (Å²) in [5.41, 5.74) is 10.2. The first-order valence-corrected chi connectivity index (χ1v) is 11.3. The largest absolute Gasteiger partial charge is 0.343 e. The number of imidazole rings is 1. The van der Waals surface area contributed by atoms with Crippen molar-refractivity contribution in [3.8, 4) is 11.4 Å². The summed E-state index contributed by atoms with van der Waals surface area (Å²) < 4.78 is 4.64. The van der Waals surface area contributed by atoms with Crippen LogP contribution in [0.1, 0.15) is 56.2 Å². The Bertz CT molecular complexity index is 1430. The summed E-state index contributed by atoms with van der Waals surface area (Å²) in [6.45, 7) is 11.3. The number of aromatic nitrogens is 3. The molecule has 0 amide bonds. The molecule has 0 aliphatic heterocycles. The van der Waals surface area contributed by atoms with Crippen LogP contribution in [0.5, 0.6) is 0 Å². The summed E-state index contributed by atoms with van der Waals surface area (Å²) >= 11 is 0. The first-order chi connectivity index (χ1) is 14.8. The van der Waals surface area contributed by atoms with Crippen LogP contribution in [0.25, 0.3) is 44.2 Å². The van der Waals surface area contributed by atoms with Crippen molar-refractivity contribution in [3.63, 3.8) is 0 Å². The Labute approximate surface area is 184 Å². The monoisotopic (exact) mass is 409 g/mol. The molecule has 5 rings (SSSR count). The highest BCUT2D eigenvalue weighted by molar-refractivity contribution is 6.13. The van der Waals surface area contributed by atoms with Crippen molar-refractivity contribution >= 4 is 32.8 Å². The zero-order valence-electron chi connectivity index (χ0n) is 19.6. The second-order valence-electron chi connectivity index (χ2n) is 9.46. The van der Waals surface area contributed by atoms with Gasteiger partial charge in [0.05, 0.1) is 16.6 Å². The van der Waals surface area contributed by atoms with Crippen LogP contribution in [0, 0.1) is 6.92 Å². The average Bonchev–Trinajstić information content (AvgIpc) is 3.23. The number of fused-ring (bicyclic) bond motifs is 4. The van der Waals surface area contributed by atoms with Gasteiger partial charge in [0.25, 0.3) is 0 Å². The minimum atomic E-state index is 0.442. The fraction of sp³-hybridized carbons (Fsp3) is 0.321. The van der Waals surface area contributed by atoms with Gasteiger partial charge >= 0.3 is 0 Å². The Morgan fingerprint density at radius 1 is 0.742 bits per heavy atom. The van der Waals surface area contributed by atoms with E-state index >= 15 is 0 Å². The molecule has 158 valence electrons. The van der Waals surface area contributed by atoms with Crippen molar-refractivity contribution < 1.29 is 0 Å². The van der Waals surface area contributed by atoms with Crippen LogP contribution in [0.4, 0.5) is 0 Å². The maximum absolute atomic E-state index is 5.25. The molecule has 31 heavy (non-hydrogen) atoms. The molecule has 0 spiro atoms. The van der Waals surface area contributed by atoms with Crippen molar-refractivity contribution in [3.05, 3.63) is 65.2 Å². The highest BCUT2D eigenvalue weighted by Gasteiger charge is 2.22. The van der Waals surface area contributed by atoms with Crippen LogP contribution >= 0.6 is 0 Å². The SMILES string of the molecule is Cc1c2c(cc3c4ccccc4n(C)c13)nc(-c1c(C(C)C)cccc1C(C)C)n2C. The molecule has 0 bridgehead atoms. The zero-order chi connectivity index (χ0) is 22.0. The molecular weight excluding hydrogens is 378 g/mol. The van der Waals surface area contributed by atoms with Gasteiger partial charge in [0.1, 0.15) is 5.82 Å². The van der Waals surface area contributed by atoms with Crippen LogP contribution < -0.4 is 0 Å². The molecule has 3 heteroatoms. The Morgan fingerprint density at radius 3 is 2.03 bits per heavy atom. The van der Waals surface area contributed by atoms with Gasteiger partial charge < -0.3 is 9.13 Å². The predicted octanol–water partition coefficient (Wildman–Crippen LogP) is 7.44. The lowest BCUT2D eigenvalue weighted by Crippen LogP contribution is -2.04. The third kappa shape index (κ3) is 2.76. The van der Waals surface area contributed by atoms with Crippen LogP contribution in [0.15, 0.2) is 48.5 Å². The standard InChI is InChI=1S/C28H31N3/c1-16(2)19-12-10-13-20(17(3)4)25(19)28-29-23-15-22-21-11-8-9-14-24(21)30(6)26(22)18(5)27(23)31(28)7/h8-17H,1-7H3. The maximum atomic E-state index is 5.25. The predicted molar refractivity (Wildman–Crippen MR) is 133 cm³/mol. The first kappa shape index (κ1) is 19.9. The van der Waals surface area contributed by atoms with Gasteiger partial charge in [0.2, 0.25) is 0 Å². The molecule has 0 atom stereocenters. The maximum Gasteiger partial charge on any atom is 0.141 e. The molecular formula is C28H31N3. The van der Waals surface area contributed by atoms with E-state index in [0.29, 0.717) is 11.8 Å². The highest BCUT2D eigenvalue weighted by Crippen LogP contribution is 2.40. The van der Waals surface area contributed by atoms with Crippen molar-refractivity contribution in [2.24, 2.45) is 14.1 Å². The summed E-state index contributed by atoms with van der Waals surface area (Å²) in [6.07, 6.45) is 0. The van der Waals surface area contributed by atoms with Crippen LogP contribution in [0.2, 0.25) is 0 Å². The van der Waals surface area contributed by atoms with Crippen molar-refractivity contribution in [1.82, 2.24) is 14.1 Å². The quantitative estimate of drug-likeness (QED) is 0.303. The molecule has 3 nitrogen and oxygen atoms in total. The number of para-hydroxylation sites is 1. The van der Waals surface area contributed by atoms with Crippen molar-refractivity contribution in [2.45, 2.75) is 46.5 Å². The lowest BCUT2D eigenvalue weighted by Gasteiger charge is -2.19. The van der Waals surface area contributed by atoms with Gasteiger partial charge in [-0.2, -0.15) is 0 Å². The highest BCUT2D eigenvalue weighted by atomic mass is 15.1. The van der Waals surface area contributed by atoms with Gasteiger partial charge in [-0.15, -0.1) is 0 Å². The van der Waals surface area contributed by atoms with E-state index < -0.39 is 0 Å². The molecule has 2 heterocycles. The van der Waals surface area contributed by atoms with Crippen LogP contribution in [-0.4, -0.2) is 14.1 Å². The summed E-state index contributed by atoms with van der Waals surface area (Å²) in [5, 5.41) is 2.58. The molecule has 0 unspecified atom stereocenters. The molecule has 0 aliphatic carbocycles. The number of benzene rings is 3. The number of hydrogen-bond acceptors (Lipinski definition) is 1. The van der Waals surface area contributed by atoms with E-state index in [-0.39, 0.29) is 0 Å². The lowest BCUT2D eigenvalue weighted by atomic mass is 9.88. The van der Waals surface area contributed by atoms with Crippen molar-refractivity contribution in [1.29, 1.82) is 0 Å². The second kappa shape index (κ2) is 6.98. The molecule has 5 aromatic rings. The van der Waals surface area contributed by atoms with E-state index in [0.717, 1.165) is 11.3 Å². The van der Waals surface area contributed by atoms with E-state index in [1.807, 2.05) is 0 Å². The fourth-order valence-electron chi connectivity index (χ4n) is 5.37. The minimum absolute atomic E-state index is 0.442. The molecule has 0 aliphatic rings. The molecule has 0 saturated carbocycles. The molecule has 0 fully saturated rings. The molecule has 0 saturated heterocycles. The average molecular weight is 410 g/mol. The van der Waals surface area contributed by atoms with Crippen molar-refractivity contribution in [2.75, 3.05) is 0 Å². The number of aryl methyl sites for hydroxylation is 3. The van der Waals surface area contributed by atoms with Gasteiger partial charge in [0.15, 0.2) is 0 Å². The number of rotatable bonds is 3. The smallest absolute Gasteiger partial charge is 0.141 e. The Morgan fingerprint density at radius 2 is 1.39 bits per heavy atom. The third-order valence-corrected chi connectivity index (χ3v) is 6.86. The zero-order valence-corrected chi connectivity index (χ0v) is 19.6. The lowest BCUT2D eigenvalue weighted by molar-refractivity contribution is 0.827. The van der Waals surface area contributed by atoms with Crippen LogP contribution in [-0.2, 0) is 14.1 Å². The normalized spacial score (nSPS) is 12.3. The van der Waals surface area contributed by atoms with Gasteiger partial charge in [-0.25, -0.2) is 4.98 Å². The van der Waals surface area contributed by atoms with Gasteiger partial charge in [0, 0.05) is 35.9 Å². The minimum Gasteiger partial charge on any atom is -0.343 e. The Balaban J connectivity index is 1.91. The Kier molecular flexibility index (Phi) is 4.47. The second-order valence-corrected chi connectivity index (χ2v) is 9.46. The number of nitrogens with zero attached hydrogens (tertiary/aromatic N) is 3. The van der Waals surface area contributed by atoms with Gasteiger partial charge in [-0.05, 0) is 47.6 Å². The van der Waals surface area contributed by atoms with E-state index in [4.69, 9.17) is 4.98 Å². The molecule has 0 radical (unpaired) electrons. The summed E-state index contributed by atoms with van der Waals surface area (Å²) in [6, 6.07) is 17.7. The van der Waals surface area contributed by atoms with E-state index in [9.17, 15) is 0 Å².